The lowest BCUT2D eigenvalue weighted by atomic mass is 9.83. The molecule has 3 aromatic rings. The molecule has 1 saturated heterocycles. The van der Waals surface area contributed by atoms with Crippen LogP contribution < -0.4 is 0 Å². The second-order valence-corrected chi connectivity index (χ2v) is 10.5. The van der Waals surface area contributed by atoms with Crippen molar-refractivity contribution in [2.45, 2.75) is 70.0 Å². The number of H-pyrrole nitrogens is 1. The molecule has 1 N–H and O–H groups in total. The second-order valence-electron chi connectivity index (χ2n) is 10.5. The Morgan fingerprint density at radius 2 is 1.68 bits per heavy atom. The first-order valence-electron chi connectivity index (χ1n) is 12.8. The van der Waals surface area contributed by atoms with E-state index in [4.69, 9.17) is 0 Å². The molecule has 5 heteroatoms. The van der Waals surface area contributed by atoms with Crippen molar-refractivity contribution in [3.8, 4) is 0 Å². The van der Waals surface area contributed by atoms with E-state index < -0.39 is 6.04 Å². The van der Waals surface area contributed by atoms with E-state index >= 15 is 0 Å². The number of carbonyl (C=O) groups is 2. The Hall–Kier alpha value is -3.08. The minimum absolute atomic E-state index is 0.102. The molecule has 2 atom stereocenters. The minimum Gasteiger partial charge on any atom is -0.356 e. The van der Waals surface area contributed by atoms with Gasteiger partial charge >= 0.3 is 0 Å². The summed E-state index contributed by atoms with van der Waals surface area (Å²) in [5.41, 5.74) is 4.69. The fourth-order valence-corrected chi connectivity index (χ4v) is 6.52. The van der Waals surface area contributed by atoms with Gasteiger partial charge in [-0.2, -0.15) is 0 Å². The maximum Gasteiger partial charge on any atom is 0.246 e. The zero-order valence-corrected chi connectivity index (χ0v) is 19.9. The van der Waals surface area contributed by atoms with Crippen molar-refractivity contribution in [3.05, 3.63) is 71.4 Å². The molecular weight excluding hydrogens is 422 g/mol. The maximum absolute atomic E-state index is 13.9. The van der Waals surface area contributed by atoms with Crippen LogP contribution in [-0.2, 0) is 22.4 Å². The third kappa shape index (κ3) is 3.62. The normalized spacial score (nSPS) is 27.1. The second kappa shape index (κ2) is 8.61. The Labute approximate surface area is 201 Å². The van der Waals surface area contributed by atoms with Crippen molar-refractivity contribution >= 4 is 22.7 Å². The molecular formula is C29H33N3O2. The number of nitrogens with one attached hydrogen (secondary N) is 1. The molecule has 1 aromatic heterocycles. The summed E-state index contributed by atoms with van der Waals surface area (Å²) in [5.74, 6) is 0.972. The summed E-state index contributed by atoms with van der Waals surface area (Å²) in [6.07, 6.45) is 6.60. The first-order chi connectivity index (χ1) is 16.6. The highest BCUT2D eigenvalue weighted by molar-refractivity contribution is 5.97. The maximum atomic E-state index is 13.9. The molecule has 0 spiro atoms. The zero-order chi connectivity index (χ0) is 23.2. The van der Waals surface area contributed by atoms with Gasteiger partial charge in [0, 0.05) is 29.1 Å². The van der Waals surface area contributed by atoms with Crippen molar-refractivity contribution in [2.24, 2.45) is 5.92 Å². The van der Waals surface area contributed by atoms with Gasteiger partial charge in [-0.1, -0.05) is 55.5 Å². The number of benzene rings is 2. The van der Waals surface area contributed by atoms with Gasteiger partial charge in [0.25, 0.3) is 0 Å². The van der Waals surface area contributed by atoms with Crippen LogP contribution in [0.3, 0.4) is 0 Å². The molecule has 3 aliphatic rings. The molecule has 176 valence electrons. The Balaban J connectivity index is 1.36. The van der Waals surface area contributed by atoms with Crippen LogP contribution in [-0.4, -0.2) is 45.2 Å². The van der Waals surface area contributed by atoms with Gasteiger partial charge < -0.3 is 14.8 Å². The number of piperazine rings is 1. The number of aryl methyl sites for hydroxylation is 1. The Bertz CT molecular complexity index is 1210. The van der Waals surface area contributed by atoms with Gasteiger partial charge in [-0.05, 0) is 61.6 Å². The van der Waals surface area contributed by atoms with Crippen LogP contribution in [0.2, 0.25) is 0 Å². The zero-order valence-electron chi connectivity index (χ0n) is 19.9. The number of carbonyl (C=O) groups excluding carboxylic acids is 2. The molecule has 0 bridgehead atoms. The van der Waals surface area contributed by atoms with Crippen molar-refractivity contribution in [1.29, 1.82) is 0 Å². The van der Waals surface area contributed by atoms with Crippen LogP contribution in [0.15, 0.2) is 54.6 Å². The lowest BCUT2D eigenvalue weighted by molar-refractivity contribution is -0.162. The molecule has 2 aliphatic heterocycles. The minimum atomic E-state index is -0.395. The number of hydrogen-bond donors (Lipinski definition) is 1. The third-order valence-corrected chi connectivity index (χ3v) is 8.39. The number of hydrogen-bond acceptors (Lipinski definition) is 2. The van der Waals surface area contributed by atoms with E-state index in [0.717, 1.165) is 49.7 Å². The molecule has 2 aromatic carbocycles. The summed E-state index contributed by atoms with van der Waals surface area (Å²) in [6.45, 7) is 2.52. The molecule has 2 amide bonds. The average Bonchev–Trinajstić information content (AvgIpc) is 3.24. The van der Waals surface area contributed by atoms with E-state index in [2.05, 4.69) is 54.4 Å². The standard InChI is InChI=1S/C29H33N3O2/c1-19-11-14-21(15-12-19)31-18-27(33)32-25(16-13-20-7-3-2-4-8-20)28-23(17-26(32)29(31)34)22-9-5-6-10-24(22)30-28/h2-10,19,21,25-26,30H,11-18H2,1H3/t19?,21?,25?,26-/m0/s1. The highest BCUT2D eigenvalue weighted by atomic mass is 16.2. The summed E-state index contributed by atoms with van der Waals surface area (Å²) in [4.78, 5) is 35.1. The van der Waals surface area contributed by atoms with Gasteiger partial charge in [0.2, 0.25) is 11.8 Å². The molecule has 6 rings (SSSR count). The Kier molecular flexibility index (Phi) is 5.43. The van der Waals surface area contributed by atoms with E-state index in [1.165, 1.54) is 16.5 Å². The van der Waals surface area contributed by atoms with Crippen molar-refractivity contribution in [3.63, 3.8) is 0 Å². The predicted octanol–water partition coefficient (Wildman–Crippen LogP) is 5.02. The molecule has 5 nitrogen and oxygen atoms in total. The topological polar surface area (TPSA) is 56.4 Å². The lowest BCUT2D eigenvalue weighted by Crippen LogP contribution is -2.65. The van der Waals surface area contributed by atoms with E-state index in [1.54, 1.807) is 0 Å². The largest absolute Gasteiger partial charge is 0.356 e. The molecule has 1 unspecified atom stereocenters. The van der Waals surface area contributed by atoms with Gasteiger partial charge in [0.05, 0.1) is 6.04 Å². The van der Waals surface area contributed by atoms with Crippen LogP contribution in [0.1, 0.15) is 61.9 Å². The van der Waals surface area contributed by atoms with Crippen LogP contribution in [0.25, 0.3) is 10.9 Å². The number of nitrogens with zero attached hydrogens (tertiary/aromatic N) is 2. The third-order valence-electron chi connectivity index (χ3n) is 8.39. The molecule has 1 saturated carbocycles. The van der Waals surface area contributed by atoms with Crippen LogP contribution >= 0.6 is 0 Å². The van der Waals surface area contributed by atoms with E-state index in [0.29, 0.717) is 12.3 Å². The van der Waals surface area contributed by atoms with Crippen molar-refractivity contribution < 1.29 is 9.59 Å². The van der Waals surface area contributed by atoms with Crippen molar-refractivity contribution in [1.82, 2.24) is 14.8 Å². The van der Waals surface area contributed by atoms with Gasteiger partial charge in [-0.3, -0.25) is 9.59 Å². The molecule has 0 radical (unpaired) electrons. The van der Waals surface area contributed by atoms with Crippen LogP contribution in [0.4, 0.5) is 0 Å². The first kappa shape index (κ1) is 21.5. The van der Waals surface area contributed by atoms with Crippen LogP contribution in [0, 0.1) is 5.92 Å². The smallest absolute Gasteiger partial charge is 0.246 e. The summed E-state index contributed by atoms with van der Waals surface area (Å²) in [7, 11) is 0. The van der Waals surface area contributed by atoms with Gasteiger partial charge in [0.1, 0.15) is 12.6 Å². The lowest BCUT2D eigenvalue weighted by Gasteiger charge is -2.49. The molecule has 34 heavy (non-hydrogen) atoms. The molecule has 1 aliphatic carbocycles. The quantitative estimate of drug-likeness (QED) is 0.601. The Morgan fingerprint density at radius 3 is 2.47 bits per heavy atom. The average molecular weight is 456 g/mol. The van der Waals surface area contributed by atoms with Gasteiger partial charge in [0.15, 0.2) is 0 Å². The summed E-state index contributed by atoms with van der Waals surface area (Å²) in [5, 5.41) is 1.19. The molecule has 3 heterocycles. The fraction of sp³-hybridized carbons (Fsp3) is 0.448. The highest BCUT2D eigenvalue weighted by Gasteiger charge is 2.48. The SMILES string of the molecule is CC1CCC(N2CC(=O)N3C(CCc4ccccc4)c4[nH]c5ccccc5c4C[C@H]3C2=O)CC1. The summed E-state index contributed by atoms with van der Waals surface area (Å²) < 4.78 is 0. The summed E-state index contributed by atoms with van der Waals surface area (Å²) >= 11 is 0. The summed E-state index contributed by atoms with van der Waals surface area (Å²) in [6, 6.07) is 18.5. The monoisotopic (exact) mass is 455 g/mol. The first-order valence-corrected chi connectivity index (χ1v) is 12.8. The van der Waals surface area contributed by atoms with Crippen molar-refractivity contribution in [2.75, 3.05) is 6.54 Å². The van der Waals surface area contributed by atoms with Gasteiger partial charge in [-0.15, -0.1) is 0 Å². The predicted molar refractivity (Wildman–Crippen MR) is 133 cm³/mol. The van der Waals surface area contributed by atoms with Gasteiger partial charge in [-0.25, -0.2) is 0 Å². The number of rotatable bonds is 4. The van der Waals surface area contributed by atoms with E-state index in [-0.39, 0.29) is 30.4 Å². The number of para-hydroxylation sites is 1. The molecule has 2 fully saturated rings. The highest BCUT2D eigenvalue weighted by Crippen LogP contribution is 2.42. The fourth-order valence-electron chi connectivity index (χ4n) is 6.52. The van der Waals surface area contributed by atoms with E-state index in [1.807, 2.05) is 21.9 Å². The van der Waals surface area contributed by atoms with E-state index in [9.17, 15) is 9.59 Å². The number of amides is 2. The number of fused-ring (bicyclic) bond motifs is 4. The number of aromatic amines is 1. The van der Waals surface area contributed by atoms with Crippen LogP contribution in [0.5, 0.6) is 0 Å². The Morgan fingerprint density at radius 1 is 0.941 bits per heavy atom. The number of aromatic nitrogens is 1.